The minimum atomic E-state index is -0.125. The van der Waals surface area contributed by atoms with Gasteiger partial charge in [-0.3, -0.25) is 4.79 Å². The van der Waals surface area contributed by atoms with E-state index >= 15 is 0 Å². The first kappa shape index (κ1) is 19.5. The highest BCUT2D eigenvalue weighted by molar-refractivity contribution is 7.15. The van der Waals surface area contributed by atoms with Crippen LogP contribution in [-0.4, -0.2) is 21.0 Å². The van der Waals surface area contributed by atoms with Crippen LogP contribution in [0.5, 0.6) is 0 Å². The number of nitrogens with zero attached hydrogens (tertiary/aromatic N) is 3. The van der Waals surface area contributed by atoms with Gasteiger partial charge in [0.2, 0.25) is 11.8 Å². The average molecular weight is 405 g/mol. The van der Waals surface area contributed by atoms with E-state index in [-0.39, 0.29) is 12.3 Å². The third-order valence-corrected chi connectivity index (χ3v) is 5.44. The zero-order valence-corrected chi connectivity index (χ0v) is 16.9. The molecule has 0 aliphatic heterocycles. The number of anilines is 1. The van der Waals surface area contributed by atoms with Crippen molar-refractivity contribution in [1.29, 1.82) is 0 Å². The summed E-state index contributed by atoms with van der Waals surface area (Å²) in [6.45, 7) is 4.04. The number of nitrogens with one attached hydrogen (secondary N) is 1. The topological polar surface area (TPSA) is 80.9 Å². The Balaban J connectivity index is 1.52. The number of hydrogen-bond acceptors (Lipinski definition) is 6. The molecule has 3 aromatic rings. The molecule has 8 heteroatoms. The molecule has 2 aromatic heterocycles. The summed E-state index contributed by atoms with van der Waals surface area (Å²) in [6, 6.07) is 5.98. The second kappa shape index (κ2) is 9.10. The molecular formula is C19H21ClN4O2S. The van der Waals surface area contributed by atoms with Gasteiger partial charge < -0.3 is 9.84 Å². The maximum absolute atomic E-state index is 12.1. The number of thiazole rings is 1. The van der Waals surface area contributed by atoms with Gasteiger partial charge in [-0.2, -0.15) is 4.98 Å². The van der Waals surface area contributed by atoms with Crippen LogP contribution in [0.3, 0.4) is 0 Å². The molecule has 27 heavy (non-hydrogen) atoms. The molecule has 0 fully saturated rings. The van der Waals surface area contributed by atoms with E-state index in [2.05, 4.69) is 27.4 Å². The van der Waals surface area contributed by atoms with Gasteiger partial charge in [0.15, 0.2) is 11.0 Å². The number of aryl methyl sites for hydroxylation is 3. The molecule has 3 rings (SSSR count). The Morgan fingerprint density at radius 2 is 2.19 bits per heavy atom. The molecule has 1 amide bonds. The highest BCUT2D eigenvalue weighted by atomic mass is 35.5. The number of rotatable bonds is 8. The van der Waals surface area contributed by atoms with Gasteiger partial charge in [0.05, 0.1) is 0 Å². The van der Waals surface area contributed by atoms with E-state index in [0.29, 0.717) is 29.7 Å². The molecule has 0 radical (unpaired) electrons. The molecule has 1 N–H and O–H groups in total. The fourth-order valence-electron chi connectivity index (χ4n) is 2.60. The van der Waals surface area contributed by atoms with Crippen LogP contribution in [0.25, 0.3) is 0 Å². The number of aromatic nitrogens is 3. The summed E-state index contributed by atoms with van der Waals surface area (Å²) >= 11 is 7.80. The third-order valence-electron chi connectivity index (χ3n) is 3.99. The number of amides is 1. The van der Waals surface area contributed by atoms with Gasteiger partial charge in [0, 0.05) is 41.8 Å². The number of hydrogen-bond donors (Lipinski definition) is 1. The Kier molecular flexibility index (Phi) is 6.58. The van der Waals surface area contributed by atoms with Crippen LogP contribution in [0.15, 0.2) is 28.9 Å². The molecule has 2 heterocycles. The van der Waals surface area contributed by atoms with E-state index in [0.717, 1.165) is 33.9 Å². The van der Waals surface area contributed by atoms with Crippen molar-refractivity contribution >= 4 is 34.0 Å². The smallest absolute Gasteiger partial charge is 0.227 e. The standard InChI is InChI=1S/C19H21ClN4O2S/c1-3-5-15-22-17(26-24-15)9-8-16(25)23-19-21-11-14(27-19)10-13-7-4-6-12(2)18(13)20/h4,6-7,11H,3,5,8-10H2,1-2H3,(H,21,23,25). The molecule has 1 aromatic carbocycles. The van der Waals surface area contributed by atoms with Gasteiger partial charge in [0.25, 0.3) is 0 Å². The molecule has 0 aliphatic carbocycles. The third kappa shape index (κ3) is 5.37. The van der Waals surface area contributed by atoms with Crippen LogP contribution in [-0.2, 0) is 24.1 Å². The van der Waals surface area contributed by atoms with Gasteiger partial charge in [-0.15, -0.1) is 11.3 Å². The van der Waals surface area contributed by atoms with Crippen molar-refractivity contribution in [3.8, 4) is 0 Å². The Bertz CT molecular complexity index is 922. The fraction of sp³-hybridized carbons (Fsp3) is 0.368. The molecular weight excluding hydrogens is 384 g/mol. The predicted molar refractivity (Wildman–Crippen MR) is 106 cm³/mol. The normalized spacial score (nSPS) is 10.9. The van der Waals surface area contributed by atoms with E-state index < -0.39 is 0 Å². The van der Waals surface area contributed by atoms with Crippen molar-refractivity contribution in [2.75, 3.05) is 5.32 Å². The van der Waals surface area contributed by atoms with E-state index in [1.54, 1.807) is 6.20 Å². The van der Waals surface area contributed by atoms with E-state index in [9.17, 15) is 4.79 Å². The van der Waals surface area contributed by atoms with Gasteiger partial charge >= 0.3 is 0 Å². The van der Waals surface area contributed by atoms with Gasteiger partial charge in [0.1, 0.15) is 0 Å². The van der Waals surface area contributed by atoms with Crippen molar-refractivity contribution in [2.24, 2.45) is 0 Å². The van der Waals surface area contributed by atoms with Crippen LogP contribution in [0.2, 0.25) is 5.02 Å². The lowest BCUT2D eigenvalue weighted by atomic mass is 10.1. The SMILES string of the molecule is CCCc1noc(CCC(=O)Nc2ncc(Cc3cccc(C)c3Cl)s2)n1. The number of halogens is 1. The van der Waals surface area contributed by atoms with E-state index in [4.69, 9.17) is 16.1 Å². The van der Waals surface area contributed by atoms with E-state index in [1.807, 2.05) is 25.1 Å². The molecule has 6 nitrogen and oxygen atoms in total. The fourth-order valence-corrected chi connectivity index (χ4v) is 3.64. The van der Waals surface area contributed by atoms with Crippen LogP contribution in [0.1, 0.15) is 47.5 Å². The molecule has 0 saturated carbocycles. The summed E-state index contributed by atoms with van der Waals surface area (Å²) in [5.74, 6) is 1.05. The van der Waals surface area contributed by atoms with Crippen LogP contribution >= 0.6 is 22.9 Å². The van der Waals surface area contributed by atoms with Crippen molar-refractivity contribution in [3.05, 3.63) is 57.1 Å². The maximum atomic E-state index is 12.1. The molecule has 0 spiro atoms. The molecule has 0 saturated heterocycles. The average Bonchev–Trinajstić information content (AvgIpc) is 3.27. The lowest BCUT2D eigenvalue weighted by Gasteiger charge is -2.04. The van der Waals surface area contributed by atoms with Gasteiger partial charge in [-0.1, -0.05) is 41.9 Å². The van der Waals surface area contributed by atoms with Gasteiger partial charge in [-0.25, -0.2) is 4.98 Å². The summed E-state index contributed by atoms with van der Waals surface area (Å²) in [6.07, 6.45) is 4.89. The lowest BCUT2D eigenvalue weighted by Crippen LogP contribution is -2.12. The first-order chi connectivity index (χ1) is 13.0. The summed E-state index contributed by atoms with van der Waals surface area (Å²) in [5.41, 5.74) is 2.10. The Morgan fingerprint density at radius 3 is 3.00 bits per heavy atom. The first-order valence-electron chi connectivity index (χ1n) is 8.85. The predicted octanol–water partition coefficient (Wildman–Crippen LogP) is 4.60. The zero-order valence-electron chi connectivity index (χ0n) is 15.3. The van der Waals surface area contributed by atoms with Crippen LogP contribution in [0.4, 0.5) is 5.13 Å². The second-order valence-electron chi connectivity index (χ2n) is 6.26. The summed E-state index contributed by atoms with van der Waals surface area (Å²) in [7, 11) is 0. The summed E-state index contributed by atoms with van der Waals surface area (Å²) in [4.78, 5) is 21.7. The molecule has 0 bridgehead atoms. The van der Waals surface area contributed by atoms with Crippen molar-refractivity contribution < 1.29 is 9.32 Å². The maximum Gasteiger partial charge on any atom is 0.227 e. The minimum Gasteiger partial charge on any atom is -0.339 e. The van der Waals surface area contributed by atoms with Crippen molar-refractivity contribution in [2.45, 2.75) is 46.0 Å². The molecule has 0 unspecified atom stereocenters. The van der Waals surface area contributed by atoms with Crippen LogP contribution in [0, 0.1) is 6.92 Å². The quantitative estimate of drug-likeness (QED) is 0.593. The molecule has 0 atom stereocenters. The van der Waals surface area contributed by atoms with Crippen molar-refractivity contribution in [1.82, 2.24) is 15.1 Å². The highest BCUT2D eigenvalue weighted by Crippen LogP contribution is 2.26. The Morgan fingerprint density at radius 1 is 1.33 bits per heavy atom. The molecule has 0 aliphatic rings. The molecule has 142 valence electrons. The van der Waals surface area contributed by atoms with Crippen molar-refractivity contribution in [3.63, 3.8) is 0 Å². The Hall–Kier alpha value is -2.25. The number of benzene rings is 1. The largest absolute Gasteiger partial charge is 0.339 e. The van der Waals surface area contributed by atoms with Gasteiger partial charge in [-0.05, 0) is 24.5 Å². The first-order valence-corrected chi connectivity index (χ1v) is 10.0. The van der Waals surface area contributed by atoms with E-state index in [1.165, 1.54) is 11.3 Å². The number of carbonyl (C=O) groups excluding carboxylic acids is 1. The lowest BCUT2D eigenvalue weighted by molar-refractivity contribution is -0.116. The number of carbonyl (C=O) groups is 1. The summed E-state index contributed by atoms with van der Waals surface area (Å²) in [5, 5.41) is 8.06. The van der Waals surface area contributed by atoms with Crippen LogP contribution < -0.4 is 5.32 Å². The highest BCUT2D eigenvalue weighted by Gasteiger charge is 2.12. The second-order valence-corrected chi connectivity index (χ2v) is 7.75. The minimum absolute atomic E-state index is 0.125. The Labute approximate surface area is 167 Å². The zero-order chi connectivity index (χ0) is 19.2. The summed E-state index contributed by atoms with van der Waals surface area (Å²) < 4.78 is 5.14. The monoisotopic (exact) mass is 404 g/mol.